The number of anilines is 2. The van der Waals surface area contributed by atoms with Gasteiger partial charge in [-0.25, -0.2) is 0 Å². The highest BCUT2D eigenvalue weighted by Gasteiger charge is 2.11. The van der Waals surface area contributed by atoms with E-state index in [0.717, 1.165) is 22.3 Å². The number of hydrogen-bond acceptors (Lipinski definition) is 2. The Morgan fingerprint density at radius 3 is 2.44 bits per heavy atom. The number of rotatable bonds is 3. The molecule has 3 aromatic carbocycles. The zero-order chi connectivity index (χ0) is 17.2. The first-order valence-electron chi connectivity index (χ1n) is 8.05. The van der Waals surface area contributed by atoms with E-state index in [4.69, 9.17) is 5.73 Å². The second-order valence-electron chi connectivity index (χ2n) is 5.84. The van der Waals surface area contributed by atoms with Crippen LogP contribution in [0.2, 0.25) is 0 Å². The molecular weight excluding hydrogens is 310 g/mol. The van der Waals surface area contributed by atoms with Crippen LogP contribution in [-0.2, 0) is 0 Å². The third kappa shape index (κ3) is 2.85. The molecule has 25 heavy (non-hydrogen) atoms. The first-order chi connectivity index (χ1) is 12.2. The minimum Gasteiger partial charge on any atom is -0.397 e. The number of carbonyl (C=O) groups is 1. The molecule has 1 aromatic heterocycles. The first kappa shape index (κ1) is 15.0. The molecule has 4 nitrogen and oxygen atoms in total. The molecule has 4 rings (SSSR count). The van der Waals surface area contributed by atoms with Crippen LogP contribution < -0.4 is 11.1 Å². The van der Waals surface area contributed by atoms with Crippen LogP contribution in [-0.4, -0.2) is 10.5 Å². The maximum Gasteiger partial charge on any atom is 0.255 e. The van der Waals surface area contributed by atoms with Crippen molar-refractivity contribution in [2.75, 3.05) is 11.1 Å². The van der Waals surface area contributed by atoms with Crippen LogP contribution in [0.15, 0.2) is 85.1 Å². The van der Waals surface area contributed by atoms with Gasteiger partial charge in [-0.15, -0.1) is 0 Å². The van der Waals surface area contributed by atoms with Gasteiger partial charge in [0.2, 0.25) is 0 Å². The highest BCUT2D eigenvalue weighted by Crippen LogP contribution is 2.25. The molecule has 0 saturated heterocycles. The van der Waals surface area contributed by atoms with E-state index in [0.29, 0.717) is 11.3 Å². The Bertz CT molecular complexity index is 1050. The average molecular weight is 327 g/mol. The Morgan fingerprint density at radius 2 is 1.64 bits per heavy atom. The summed E-state index contributed by atoms with van der Waals surface area (Å²) in [6, 6.07) is 24.9. The third-order valence-corrected chi connectivity index (χ3v) is 4.18. The minimum absolute atomic E-state index is 0.179. The molecule has 122 valence electrons. The number of nitrogens with two attached hydrogens (primary N) is 1. The van der Waals surface area contributed by atoms with Gasteiger partial charge < -0.3 is 15.6 Å². The van der Waals surface area contributed by atoms with Crippen molar-refractivity contribution in [1.82, 2.24) is 4.57 Å². The fourth-order valence-electron chi connectivity index (χ4n) is 2.93. The lowest BCUT2D eigenvalue weighted by atomic mass is 10.1. The number of nitrogen functional groups attached to an aromatic ring is 1. The number of nitrogens with zero attached hydrogens (tertiary/aromatic N) is 1. The van der Waals surface area contributed by atoms with Crippen molar-refractivity contribution < 1.29 is 4.79 Å². The van der Waals surface area contributed by atoms with Gasteiger partial charge in [0.25, 0.3) is 5.91 Å². The van der Waals surface area contributed by atoms with Crippen LogP contribution in [0.25, 0.3) is 16.6 Å². The van der Waals surface area contributed by atoms with E-state index in [-0.39, 0.29) is 5.91 Å². The van der Waals surface area contributed by atoms with Crippen LogP contribution in [0.1, 0.15) is 10.4 Å². The molecule has 0 spiro atoms. The van der Waals surface area contributed by atoms with E-state index in [2.05, 4.69) is 11.4 Å². The molecule has 0 atom stereocenters. The number of amides is 1. The van der Waals surface area contributed by atoms with Crippen molar-refractivity contribution in [1.29, 1.82) is 0 Å². The monoisotopic (exact) mass is 327 g/mol. The minimum atomic E-state index is -0.179. The van der Waals surface area contributed by atoms with Crippen LogP contribution in [0, 0.1) is 0 Å². The predicted molar refractivity (Wildman–Crippen MR) is 102 cm³/mol. The van der Waals surface area contributed by atoms with Crippen molar-refractivity contribution in [3.8, 4) is 5.69 Å². The van der Waals surface area contributed by atoms with Crippen molar-refractivity contribution in [3.05, 3.63) is 90.6 Å². The van der Waals surface area contributed by atoms with Gasteiger partial charge in [0.15, 0.2) is 0 Å². The number of benzene rings is 3. The molecule has 0 aliphatic carbocycles. The number of fused-ring (bicyclic) bond motifs is 1. The van der Waals surface area contributed by atoms with Crippen molar-refractivity contribution in [2.24, 2.45) is 0 Å². The van der Waals surface area contributed by atoms with Crippen molar-refractivity contribution >= 4 is 28.2 Å². The smallest absolute Gasteiger partial charge is 0.255 e. The molecule has 0 radical (unpaired) electrons. The van der Waals surface area contributed by atoms with Gasteiger partial charge in [0.1, 0.15) is 0 Å². The summed E-state index contributed by atoms with van der Waals surface area (Å²) in [6.45, 7) is 0. The van der Waals surface area contributed by atoms with E-state index in [1.165, 1.54) is 0 Å². The van der Waals surface area contributed by atoms with Crippen LogP contribution in [0.5, 0.6) is 0 Å². The maximum atomic E-state index is 12.4. The molecule has 1 amide bonds. The highest BCUT2D eigenvalue weighted by molar-refractivity contribution is 6.05. The zero-order valence-corrected chi connectivity index (χ0v) is 13.5. The second kappa shape index (κ2) is 6.17. The molecule has 4 heteroatoms. The van der Waals surface area contributed by atoms with Gasteiger partial charge in [-0.1, -0.05) is 36.4 Å². The van der Waals surface area contributed by atoms with Crippen molar-refractivity contribution in [2.45, 2.75) is 0 Å². The molecule has 0 saturated carbocycles. The quantitative estimate of drug-likeness (QED) is 0.546. The molecule has 0 bridgehead atoms. The summed E-state index contributed by atoms with van der Waals surface area (Å²) in [5, 5.41) is 4.01. The van der Waals surface area contributed by atoms with E-state index in [9.17, 15) is 4.79 Å². The first-order valence-corrected chi connectivity index (χ1v) is 8.05. The number of para-hydroxylation sites is 2. The van der Waals surface area contributed by atoms with Crippen LogP contribution >= 0.6 is 0 Å². The topological polar surface area (TPSA) is 60.1 Å². The molecule has 0 fully saturated rings. The summed E-state index contributed by atoms with van der Waals surface area (Å²) >= 11 is 0. The average Bonchev–Trinajstić information content (AvgIpc) is 3.06. The Hall–Kier alpha value is -3.53. The normalized spacial score (nSPS) is 10.7. The molecule has 0 unspecified atom stereocenters. The maximum absolute atomic E-state index is 12.4. The van der Waals surface area contributed by atoms with Gasteiger partial charge in [-0.05, 0) is 47.9 Å². The second-order valence-corrected chi connectivity index (χ2v) is 5.84. The number of nitrogens with one attached hydrogen (secondary N) is 1. The van der Waals surface area contributed by atoms with Crippen LogP contribution in [0.4, 0.5) is 11.4 Å². The number of carbonyl (C=O) groups excluding carboxylic acids is 1. The molecule has 0 aliphatic rings. The summed E-state index contributed by atoms with van der Waals surface area (Å²) in [4.78, 5) is 12.4. The fourth-order valence-corrected chi connectivity index (χ4v) is 2.93. The van der Waals surface area contributed by atoms with E-state index >= 15 is 0 Å². The lowest BCUT2D eigenvalue weighted by Gasteiger charge is -2.11. The lowest BCUT2D eigenvalue weighted by molar-refractivity contribution is 0.102. The Kier molecular flexibility index (Phi) is 3.71. The van der Waals surface area contributed by atoms with Crippen molar-refractivity contribution in [3.63, 3.8) is 0 Å². The summed E-state index contributed by atoms with van der Waals surface area (Å²) in [6.07, 6.45) is 1.99. The van der Waals surface area contributed by atoms with Gasteiger partial charge in [0, 0.05) is 17.4 Å². The van der Waals surface area contributed by atoms with Gasteiger partial charge in [-0.2, -0.15) is 0 Å². The SMILES string of the molecule is Nc1cc(C(=O)Nc2ccccc2)ccc1-n1ccc2ccccc21. The molecule has 0 aliphatic heterocycles. The number of hydrogen-bond donors (Lipinski definition) is 2. The number of aromatic nitrogens is 1. The van der Waals surface area contributed by atoms with E-state index in [1.807, 2.05) is 71.4 Å². The lowest BCUT2D eigenvalue weighted by Crippen LogP contribution is -2.12. The summed E-state index contributed by atoms with van der Waals surface area (Å²) in [7, 11) is 0. The summed E-state index contributed by atoms with van der Waals surface area (Å²) in [5.41, 5.74) is 10.0. The summed E-state index contributed by atoms with van der Waals surface area (Å²) < 4.78 is 2.03. The standard InChI is InChI=1S/C21H17N3O/c22-18-14-16(21(25)23-17-7-2-1-3-8-17)10-11-20(18)24-13-12-15-6-4-5-9-19(15)24/h1-14H,22H2,(H,23,25). The highest BCUT2D eigenvalue weighted by atomic mass is 16.1. The van der Waals surface area contributed by atoms with Gasteiger partial charge >= 0.3 is 0 Å². The van der Waals surface area contributed by atoms with E-state index in [1.54, 1.807) is 12.1 Å². The van der Waals surface area contributed by atoms with E-state index < -0.39 is 0 Å². The predicted octanol–water partition coefficient (Wildman–Crippen LogP) is 4.47. The van der Waals surface area contributed by atoms with Gasteiger partial charge in [0.05, 0.1) is 16.9 Å². The third-order valence-electron chi connectivity index (χ3n) is 4.18. The zero-order valence-electron chi connectivity index (χ0n) is 13.5. The Morgan fingerprint density at radius 1 is 0.880 bits per heavy atom. The Balaban J connectivity index is 1.66. The Labute approximate surface area is 145 Å². The molecular formula is C21H17N3O. The largest absolute Gasteiger partial charge is 0.397 e. The fraction of sp³-hybridized carbons (Fsp3) is 0. The molecule has 1 heterocycles. The van der Waals surface area contributed by atoms with Crippen LogP contribution in [0.3, 0.4) is 0 Å². The van der Waals surface area contributed by atoms with Gasteiger partial charge in [-0.3, -0.25) is 4.79 Å². The summed E-state index contributed by atoms with van der Waals surface area (Å²) in [5.74, 6) is -0.179. The molecule has 3 N–H and O–H groups in total. The molecule has 4 aromatic rings.